The molecule has 0 bridgehead atoms. The summed E-state index contributed by atoms with van der Waals surface area (Å²) in [6.07, 6.45) is 11.4. The van der Waals surface area contributed by atoms with Crippen molar-refractivity contribution in [3.63, 3.8) is 0 Å². The summed E-state index contributed by atoms with van der Waals surface area (Å²) in [6, 6.07) is 3.97. The molecule has 2 N–H and O–H groups in total. The molecule has 27 heavy (non-hydrogen) atoms. The van der Waals surface area contributed by atoms with Crippen LogP contribution in [0.4, 0.5) is 0 Å². The molecule has 0 aliphatic carbocycles. The van der Waals surface area contributed by atoms with Gasteiger partial charge in [0.1, 0.15) is 5.52 Å². The zero-order valence-corrected chi connectivity index (χ0v) is 15.9. The number of rotatable bonds is 6. The van der Waals surface area contributed by atoms with E-state index in [1.165, 1.54) is 0 Å². The van der Waals surface area contributed by atoms with Crippen LogP contribution in [0.3, 0.4) is 0 Å². The van der Waals surface area contributed by atoms with Gasteiger partial charge in [-0.1, -0.05) is 49.1 Å². The number of H-pyrrole nitrogens is 2. The van der Waals surface area contributed by atoms with Gasteiger partial charge in [0.15, 0.2) is 11.5 Å². The monoisotopic (exact) mass is 357 g/mol. The summed E-state index contributed by atoms with van der Waals surface area (Å²) in [7, 11) is 0. The van der Waals surface area contributed by atoms with Crippen LogP contribution < -0.4 is 0 Å². The van der Waals surface area contributed by atoms with Crippen LogP contribution in [0.15, 0.2) is 61.2 Å². The number of imidazole rings is 1. The molecule has 0 amide bonds. The molecule has 0 aliphatic rings. The van der Waals surface area contributed by atoms with Crippen LogP contribution in [0.1, 0.15) is 30.9 Å². The van der Waals surface area contributed by atoms with Gasteiger partial charge < -0.3 is 4.98 Å². The molecule has 3 aromatic heterocycles. The van der Waals surface area contributed by atoms with Crippen molar-refractivity contribution >= 4 is 22.7 Å². The average Bonchev–Trinajstić information content (AvgIpc) is 3.26. The van der Waals surface area contributed by atoms with Crippen molar-refractivity contribution in [2.24, 2.45) is 0 Å². The van der Waals surface area contributed by atoms with Crippen molar-refractivity contribution in [2.75, 3.05) is 0 Å². The first-order valence-electron chi connectivity index (χ1n) is 8.76. The van der Waals surface area contributed by atoms with Gasteiger partial charge in [-0.2, -0.15) is 5.10 Å². The number of hydrogen-bond donors (Lipinski definition) is 2. The molecule has 0 radical (unpaired) electrons. The number of nitrogens with one attached hydrogen (secondary N) is 2. The smallest absolute Gasteiger partial charge is 0.161 e. The summed E-state index contributed by atoms with van der Waals surface area (Å²) in [5, 5.41) is 7.46. The van der Waals surface area contributed by atoms with E-state index >= 15 is 0 Å². The van der Waals surface area contributed by atoms with E-state index in [9.17, 15) is 0 Å². The second-order valence-corrected chi connectivity index (χ2v) is 6.19. The Kier molecular flexibility index (Phi) is 5.31. The number of pyridine rings is 1. The lowest BCUT2D eigenvalue weighted by molar-refractivity contribution is 1.10. The predicted octanol–water partition coefficient (Wildman–Crippen LogP) is 5.39. The summed E-state index contributed by atoms with van der Waals surface area (Å²) >= 11 is 0. The predicted molar refractivity (Wildman–Crippen MR) is 113 cm³/mol. The minimum Gasteiger partial charge on any atom is -0.340 e. The van der Waals surface area contributed by atoms with Crippen molar-refractivity contribution in [1.29, 1.82) is 0 Å². The number of aromatic nitrogens is 5. The van der Waals surface area contributed by atoms with Gasteiger partial charge in [0, 0.05) is 5.69 Å². The van der Waals surface area contributed by atoms with Gasteiger partial charge in [0.2, 0.25) is 0 Å². The third-order valence-corrected chi connectivity index (χ3v) is 4.26. The highest BCUT2D eigenvalue weighted by Crippen LogP contribution is 2.26. The molecule has 3 aromatic rings. The number of fused-ring (bicyclic) bond motifs is 1. The maximum Gasteiger partial charge on any atom is 0.161 e. The Morgan fingerprint density at radius 3 is 2.70 bits per heavy atom. The molecule has 5 nitrogen and oxygen atoms in total. The Hall–Kier alpha value is -3.47. The molecule has 0 fully saturated rings. The number of aromatic amines is 2. The second-order valence-electron chi connectivity index (χ2n) is 6.19. The first-order valence-corrected chi connectivity index (χ1v) is 8.76. The maximum atomic E-state index is 4.84. The molecule has 3 rings (SSSR count). The van der Waals surface area contributed by atoms with Crippen molar-refractivity contribution in [1.82, 2.24) is 25.1 Å². The molecule has 0 aliphatic heterocycles. The molecule has 0 spiro atoms. The minimum atomic E-state index is 0.687. The summed E-state index contributed by atoms with van der Waals surface area (Å²) < 4.78 is 0. The Morgan fingerprint density at radius 1 is 1.19 bits per heavy atom. The van der Waals surface area contributed by atoms with Gasteiger partial charge in [-0.25, -0.2) is 9.97 Å². The standard InChI is InChI=1S/C22H23N5/c1-6-9-10-17-15(5)23-22(25-17)21-20-19(26-27-21)12-11-18(24-20)16(8-3)13-14(4)7-2/h6-13H,1-2H2,3-5H3,(H,23,25)(H,26,27)/b10-9-,14-13-,16-8+. The van der Waals surface area contributed by atoms with Crippen LogP contribution in [0.2, 0.25) is 0 Å². The van der Waals surface area contributed by atoms with E-state index in [2.05, 4.69) is 39.4 Å². The Labute approximate surface area is 159 Å². The normalized spacial score (nSPS) is 12.9. The molecule has 0 aromatic carbocycles. The molecule has 0 unspecified atom stereocenters. The van der Waals surface area contributed by atoms with Crippen LogP contribution in [0.5, 0.6) is 0 Å². The van der Waals surface area contributed by atoms with Crippen molar-refractivity contribution in [3.8, 4) is 11.5 Å². The molecule has 136 valence electrons. The number of nitrogens with zero attached hydrogens (tertiary/aromatic N) is 3. The van der Waals surface area contributed by atoms with Crippen LogP contribution in [0.25, 0.3) is 34.2 Å². The van der Waals surface area contributed by atoms with Gasteiger partial charge >= 0.3 is 0 Å². The summed E-state index contributed by atoms with van der Waals surface area (Å²) in [4.78, 5) is 12.8. The molecular formula is C22H23N5. The summed E-state index contributed by atoms with van der Waals surface area (Å²) in [5.74, 6) is 0.687. The molecular weight excluding hydrogens is 334 g/mol. The van der Waals surface area contributed by atoms with E-state index in [0.29, 0.717) is 11.5 Å². The fourth-order valence-corrected chi connectivity index (χ4v) is 2.74. The molecule has 3 heterocycles. The van der Waals surface area contributed by atoms with Gasteiger partial charge in [0.25, 0.3) is 0 Å². The van der Waals surface area contributed by atoms with E-state index in [-0.39, 0.29) is 0 Å². The zero-order valence-electron chi connectivity index (χ0n) is 15.9. The Morgan fingerprint density at radius 2 is 2.00 bits per heavy atom. The highest BCUT2D eigenvalue weighted by molar-refractivity contribution is 5.89. The van der Waals surface area contributed by atoms with Crippen LogP contribution in [0, 0.1) is 6.92 Å². The van der Waals surface area contributed by atoms with Crippen molar-refractivity contribution in [3.05, 3.63) is 78.3 Å². The molecule has 0 saturated heterocycles. The third-order valence-electron chi connectivity index (χ3n) is 4.26. The first-order chi connectivity index (χ1) is 13.1. The lowest BCUT2D eigenvalue weighted by Gasteiger charge is -2.03. The SMILES string of the molecule is C=C/C=C\c1nc(-c2n[nH]c3ccc(C(/C=C(/C)C=C)=C/C)nc23)[nH]c1C. The van der Waals surface area contributed by atoms with Crippen LogP contribution in [-0.4, -0.2) is 25.1 Å². The number of allylic oxidation sites excluding steroid dienone is 7. The van der Waals surface area contributed by atoms with E-state index in [1.807, 2.05) is 57.2 Å². The van der Waals surface area contributed by atoms with Gasteiger partial charge in [-0.05, 0) is 44.6 Å². The lowest BCUT2D eigenvalue weighted by Crippen LogP contribution is -1.90. The van der Waals surface area contributed by atoms with E-state index in [1.54, 1.807) is 6.08 Å². The fraction of sp³-hybridized carbons (Fsp3) is 0.136. The fourth-order valence-electron chi connectivity index (χ4n) is 2.74. The van der Waals surface area contributed by atoms with Gasteiger partial charge in [-0.15, -0.1) is 0 Å². The van der Waals surface area contributed by atoms with Crippen molar-refractivity contribution < 1.29 is 0 Å². The quantitative estimate of drug-likeness (QED) is 0.581. The van der Waals surface area contributed by atoms with Gasteiger partial charge in [-0.3, -0.25) is 5.10 Å². The zero-order chi connectivity index (χ0) is 19.4. The summed E-state index contributed by atoms with van der Waals surface area (Å²) in [5.41, 5.74) is 7.17. The van der Waals surface area contributed by atoms with E-state index in [0.717, 1.165) is 39.3 Å². The Bertz CT molecular complexity index is 1090. The van der Waals surface area contributed by atoms with Crippen molar-refractivity contribution in [2.45, 2.75) is 20.8 Å². The Balaban J connectivity index is 2.10. The molecule has 5 heteroatoms. The van der Waals surface area contributed by atoms with Crippen LogP contribution >= 0.6 is 0 Å². The minimum absolute atomic E-state index is 0.687. The first kappa shape index (κ1) is 18.3. The lowest BCUT2D eigenvalue weighted by atomic mass is 10.1. The summed E-state index contributed by atoms with van der Waals surface area (Å²) in [6.45, 7) is 13.5. The average molecular weight is 357 g/mol. The highest BCUT2D eigenvalue weighted by Gasteiger charge is 2.15. The molecule has 0 atom stereocenters. The van der Waals surface area contributed by atoms with E-state index < -0.39 is 0 Å². The third kappa shape index (κ3) is 3.72. The number of hydrogen-bond acceptors (Lipinski definition) is 3. The second kappa shape index (κ2) is 7.83. The van der Waals surface area contributed by atoms with E-state index in [4.69, 9.17) is 4.98 Å². The number of aryl methyl sites for hydroxylation is 1. The van der Waals surface area contributed by atoms with Gasteiger partial charge in [0.05, 0.1) is 16.9 Å². The largest absolute Gasteiger partial charge is 0.340 e. The topological polar surface area (TPSA) is 70.2 Å². The van der Waals surface area contributed by atoms with Crippen LogP contribution in [-0.2, 0) is 0 Å². The molecule has 0 saturated carbocycles. The maximum absolute atomic E-state index is 4.84. The highest BCUT2D eigenvalue weighted by atomic mass is 15.1.